The second-order valence-corrected chi connectivity index (χ2v) is 10.2. The number of hydrogen-bond acceptors (Lipinski definition) is 7. The quantitative estimate of drug-likeness (QED) is 0.425. The van der Waals surface area contributed by atoms with Gasteiger partial charge in [-0.05, 0) is 23.1 Å². The topological polar surface area (TPSA) is 104 Å². The molecule has 2 aromatic heterocycles. The Kier molecular flexibility index (Phi) is 5.75. The molecule has 0 unspecified atom stereocenters. The fourth-order valence-corrected chi connectivity index (χ4v) is 4.60. The molecule has 4 aromatic rings. The van der Waals surface area contributed by atoms with E-state index in [4.69, 9.17) is 14.0 Å². The third-order valence-corrected chi connectivity index (χ3v) is 6.63. The number of hydrogen-bond donors (Lipinski definition) is 1. The molecule has 4 rings (SSSR count). The molecule has 0 radical (unpaired) electrons. The lowest BCUT2D eigenvalue weighted by molar-refractivity contribution is 0.400. The average molecular weight is 468 g/mol. The first kappa shape index (κ1) is 22.6. The molecule has 0 aliphatic rings. The van der Waals surface area contributed by atoms with Gasteiger partial charge in [0, 0.05) is 11.6 Å². The Labute approximate surface area is 192 Å². The molecule has 0 atom stereocenters. The zero-order valence-corrected chi connectivity index (χ0v) is 19.9. The number of nitrogens with zero attached hydrogens (tertiary/aromatic N) is 2. The lowest BCUT2D eigenvalue weighted by atomic mass is 9.87. The molecule has 1 N–H and O–H groups in total. The monoisotopic (exact) mass is 467 g/mol. The molecular weight excluding hydrogens is 442 g/mol. The lowest BCUT2D eigenvalue weighted by Gasteiger charge is -2.21. The molecule has 2 heterocycles. The fourth-order valence-electron chi connectivity index (χ4n) is 3.44. The smallest absolute Gasteiger partial charge is 0.266 e. The Morgan fingerprint density at radius 2 is 1.64 bits per heavy atom. The molecule has 0 fully saturated rings. The van der Waals surface area contributed by atoms with Crippen molar-refractivity contribution in [2.45, 2.75) is 31.1 Å². The summed E-state index contributed by atoms with van der Waals surface area (Å²) < 4.78 is 45.2. The highest BCUT2D eigenvalue weighted by atomic mass is 32.2. The average Bonchev–Trinajstić information content (AvgIpc) is 3.20. The number of anilines is 1. The van der Waals surface area contributed by atoms with Crippen LogP contribution in [0.2, 0.25) is 0 Å². The van der Waals surface area contributed by atoms with Crippen LogP contribution in [-0.2, 0) is 15.4 Å². The van der Waals surface area contributed by atoms with Crippen LogP contribution in [0.15, 0.2) is 64.0 Å². The predicted molar refractivity (Wildman–Crippen MR) is 126 cm³/mol. The number of rotatable bonds is 6. The normalized spacial score (nSPS) is 12.0. The van der Waals surface area contributed by atoms with Gasteiger partial charge < -0.3 is 14.0 Å². The van der Waals surface area contributed by atoms with Crippen molar-refractivity contribution in [1.29, 1.82) is 0 Å². The standard InChI is InChI=1S/C24H25N3O5S/c1-24(2,3)16-11-12-20(18(13-16)30-4)33(28,29)27-22-21-19(31-5)14-17(25-23(21)32-26-22)15-9-7-6-8-10-15/h6-14H,1-5H3,(H,26,27). The molecule has 0 aliphatic heterocycles. The van der Waals surface area contributed by atoms with Gasteiger partial charge in [0.1, 0.15) is 21.8 Å². The molecule has 172 valence electrons. The van der Waals surface area contributed by atoms with E-state index in [1.54, 1.807) is 18.2 Å². The number of nitrogens with one attached hydrogen (secondary N) is 1. The molecule has 0 bridgehead atoms. The van der Waals surface area contributed by atoms with Gasteiger partial charge in [-0.2, -0.15) is 0 Å². The number of ether oxygens (including phenoxy) is 2. The molecule has 2 aromatic carbocycles. The summed E-state index contributed by atoms with van der Waals surface area (Å²) in [6, 6.07) is 16.2. The zero-order chi connectivity index (χ0) is 23.8. The number of methoxy groups -OCH3 is 2. The van der Waals surface area contributed by atoms with Crippen molar-refractivity contribution in [3.8, 4) is 22.8 Å². The third kappa shape index (κ3) is 4.36. The molecule has 8 nitrogen and oxygen atoms in total. The van der Waals surface area contributed by atoms with E-state index in [9.17, 15) is 8.42 Å². The molecule has 33 heavy (non-hydrogen) atoms. The van der Waals surface area contributed by atoms with Crippen LogP contribution in [-0.4, -0.2) is 32.8 Å². The summed E-state index contributed by atoms with van der Waals surface area (Å²) in [6.45, 7) is 6.12. The number of fused-ring (bicyclic) bond motifs is 1. The predicted octanol–water partition coefficient (Wildman–Crippen LogP) is 5.01. The van der Waals surface area contributed by atoms with Gasteiger partial charge in [0.15, 0.2) is 5.82 Å². The Morgan fingerprint density at radius 3 is 2.27 bits per heavy atom. The van der Waals surface area contributed by atoms with Crippen molar-refractivity contribution in [3.63, 3.8) is 0 Å². The molecule has 0 aliphatic carbocycles. The van der Waals surface area contributed by atoms with E-state index in [2.05, 4.69) is 14.9 Å². The molecule has 9 heteroatoms. The zero-order valence-electron chi connectivity index (χ0n) is 19.0. The summed E-state index contributed by atoms with van der Waals surface area (Å²) in [5.41, 5.74) is 2.41. The van der Waals surface area contributed by atoms with Crippen molar-refractivity contribution in [2.75, 3.05) is 18.9 Å². The van der Waals surface area contributed by atoms with Gasteiger partial charge in [-0.25, -0.2) is 13.4 Å². The second kappa shape index (κ2) is 8.40. The Balaban J connectivity index is 1.76. The Hall–Kier alpha value is -3.59. The van der Waals surface area contributed by atoms with Gasteiger partial charge in [0.05, 0.1) is 19.9 Å². The van der Waals surface area contributed by atoms with E-state index >= 15 is 0 Å². The van der Waals surface area contributed by atoms with Crippen LogP contribution in [0.5, 0.6) is 11.5 Å². The van der Waals surface area contributed by atoms with E-state index in [-0.39, 0.29) is 27.6 Å². The highest BCUT2D eigenvalue weighted by molar-refractivity contribution is 7.92. The minimum atomic E-state index is -4.05. The summed E-state index contributed by atoms with van der Waals surface area (Å²) in [7, 11) is -1.12. The van der Waals surface area contributed by atoms with Gasteiger partial charge in [-0.3, -0.25) is 4.72 Å². The first-order chi connectivity index (χ1) is 15.6. The minimum Gasteiger partial charge on any atom is -0.496 e. The lowest BCUT2D eigenvalue weighted by Crippen LogP contribution is -2.16. The summed E-state index contributed by atoms with van der Waals surface area (Å²) in [5.74, 6) is 0.600. The Bertz CT molecular complexity index is 1410. The van der Waals surface area contributed by atoms with E-state index in [1.165, 1.54) is 20.3 Å². The maximum atomic E-state index is 13.2. The second-order valence-electron chi connectivity index (χ2n) is 8.51. The van der Waals surface area contributed by atoms with Gasteiger partial charge in [0.2, 0.25) is 0 Å². The van der Waals surface area contributed by atoms with Crippen molar-refractivity contribution < 1.29 is 22.4 Å². The van der Waals surface area contributed by atoms with Crippen LogP contribution in [0.3, 0.4) is 0 Å². The summed E-state index contributed by atoms with van der Waals surface area (Å²) >= 11 is 0. The van der Waals surface area contributed by atoms with Crippen LogP contribution in [0.4, 0.5) is 5.82 Å². The minimum absolute atomic E-state index is 0.0121. The van der Waals surface area contributed by atoms with Crippen LogP contribution in [0.25, 0.3) is 22.4 Å². The molecule has 0 saturated carbocycles. The number of sulfonamides is 1. The van der Waals surface area contributed by atoms with E-state index in [1.807, 2.05) is 51.1 Å². The van der Waals surface area contributed by atoms with Crippen molar-refractivity contribution in [2.24, 2.45) is 0 Å². The summed E-state index contributed by atoms with van der Waals surface area (Å²) in [6.07, 6.45) is 0. The van der Waals surface area contributed by atoms with Gasteiger partial charge in [-0.15, -0.1) is 0 Å². The van der Waals surface area contributed by atoms with Crippen LogP contribution in [0, 0.1) is 0 Å². The van der Waals surface area contributed by atoms with Gasteiger partial charge in [0.25, 0.3) is 15.7 Å². The van der Waals surface area contributed by atoms with Crippen LogP contribution < -0.4 is 14.2 Å². The maximum Gasteiger partial charge on any atom is 0.266 e. The van der Waals surface area contributed by atoms with Crippen molar-refractivity contribution >= 4 is 26.9 Å². The van der Waals surface area contributed by atoms with Gasteiger partial charge in [-0.1, -0.05) is 62.3 Å². The van der Waals surface area contributed by atoms with Crippen molar-refractivity contribution in [1.82, 2.24) is 10.1 Å². The van der Waals surface area contributed by atoms with E-state index in [0.717, 1.165) is 11.1 Å². The molecule has 0 spiro atoms. The molecule has 0 saturated heterocycles. The number of benzene rings is 2. The van der Waals surface area contributed by atoms with Crippen molar-refractivity contribution in [3.05, 3.63) is 60.2 Å². The highest BCUT2D eigenvalue weighted by Gasteiger charge is 2.26. The molecular formula is C24H25N3O5S. The van der Waals surface area contributed by atoms with Crippen LogP contribution in [0.1, 0.15) is 26.3 Å². The first-order valence-corrected chi connectivity index (χ1v) is 11.7. The van der Waals surface area contributed by atoms with E-state index < -0.39 is 10.0 Å². The molecule has 0 amide bonds. The van der Waals surface area contributed by atoms with E-state index in [0.29, 0.717) is 16.8 Å². The number of pyridine rings is 1. The summed E-state index contributed by atoms with van der Waals surface area (Å²) in [4.78, 5) is 4.47. The number of aromatic nitrogens is 2. The largest absolute Gasteiger partial charge is 0.496 e. The highest BCUT2D eigenvalue weighted by Crippen LogP contribution is 2.37. The fraction of sp³-hybridized carbons (Fsp3) is 0.250. The van der Waals surface area contributed by atoms with Crippen LogP contribution >= 0.6 is 0 Å². The third-order valence-electron chi connectivity index (χ3n) is 5.25. The van der Waals surface area contributed by atoms with Gasteiger partial charge >= 0.3 is 0 Å². The Morgan fingerprint density at radius 1 is 0.939 bits per heavy atom. The SMILES string of the molecule is COc1cc(C(C)(C)C)ccc1S(=O)(=O)Nc1noc2nc(-c3ccccc3)cc(OC)c12. The summed E-state index contributed by atoms with van der Waals surface area (Å²) in [5, 5.41) is 4.24. The maximum absolute atomic E-state index is 13.2. The first-order valence-electron chi connectivity index (χ1n) is 10.2.